The number of nitrogens with two attached hydrogens (primary N) is 1. The highest BCUT2D eigenvalue weighted by atomic mass is 16.5. The molecule has 0 saturated carbocycles. The van der Waals surface area contributed by atoms with E-state index in [1.807, 2.05) is 12.1 Å². The Morgan fingerprint density at radius 3 is 3.07 bits per heavy atom. The van der Waals surface area contributed by atoms with Gasteiger partial charge in [0.2, 0.25) is 0 Å². The van der Waals surface area contributed by atoms with Gasteiger partial charge in [-0.05, 0) is 18.6 Å². The van der Waals surface area contributed by atoms with Crippen LogP contribution in [0.25, 0.3) is 10.9 Å². The zero-order valence-corrected chi connectivity index (χ0v) is 8.52. The summed E-state index contributed by atoms with van der Waals surface area (Å²) in [6.07, 6.45) is 3.19. The minimum Gasteiger partial charge on any atom is -0.397 e. The van der Waals surface area contributed by atoms with Crippen molar-refractivity contribution in [2.45, 2.75) is 12.5 Å². The van der Waals surface area contributed by atoms with E-state index in [0.717, 1.165) is 30.8 Å². The van der Waals surface area contributed by atoms with Crippen LogP contribution >= 0.6 is 0 Å². The van der Waals surface area contributed by atoms with Gasteiger partial charge in [-0.1, -0.05) is 12.1 Å². The second-order valence-corrected chi connectivity index (χ2v) is 4.03. The Balaban J connectivity index is 2.18. The minimum absolute atomic E-state index is 0.451. The number of fused-ring (bicyclic) bond motifs is 1. The molecule has 15 heavy (non-hydrogen) atoms. The SMILES string of the molecule is Nc1cccc2ccn(C3CCOC3)c12. The zero-order chi connectivity index (χ0) is 10.3. The van der Waals surface area contributed by atoms with Gasteiger partial charge in [-0.2, -0.15) is 0 Å². The van der Waals surface area contributed by atoms with Crippen LogP contribution in [0.15, 0.2) is 30.5 Å². The molecule has 1 aromatic carbocycles. The van der Waals surface area contributed by atoms with Crippen LogP contribution < -0.4 is 5.73 Å². The van der Waals surface area contributed by atoms with Crippen molar-refractivity contribution in [3.63, 3.8) is 0 Å². The fourth-order valence-corrected chi connectivity index (χ4v) is 2.29. The Morgan fingerprint density at radius 2 is 2.27 bits per heavy atom. The molecule has 1 unspecified atom stereocenters. The topological polar surface area (TPSA) is 40.2 Å². The van der Waals surface area contributed by atoms with Gasteiger partial charge in [0.25, 0.3) is 0 Å². The largest absolute Gasteiger partial charge is 0.397 e. The summed E-state index contributed by atoms with van der Waals surface area (Å²) in [6, 6.07) is 8.61. The molecule has 2 aromatic rings. The van der Waals surface area contributed by atoms with Crippen LogP contribution in [-0.2, 0) is 4.74 Å². The van der Waals surface area contributed by atoms with E-state index in [4.69, 9.17) is 10.5 Å². The second kappa shape index (κ2) is 3.28. The Morgan fingerprint density at radius 1 is 1.33 bits per heavy atom. The summed E-state index contributed by atoms with van der Waals surface area (Å²) in [5.41, 5.74) is 8.01. The molecule has 0 bridgehead atoms. The van der Waals surface area contributed by atoms with E-state index in [-0.39, 0.29) is 0 Å². The number of hydrogen-bond donors (Lipinski definition) is 1. The third kappa shape index (κ3) is 1.31. The highest BCUT2D eigenvalue weighted by Gasteiger charge is 2.19. The van der Waals surface area contributed by atoms with Crippen molar-refractivity contribution in [1.29, 1.82) is 0 Å². The summed E-state index contributed by atoms with van der Waals surface area (Å²) in [4.78, 5) is 0. The Hall–Kier alpha value is -1.48. The highest BCUT2D eigenvalue weighted by Crippen LogP contribution is 2.28. The summed E-state index contributed by atoms with van der Waals surface area (Å²) in [5, 5.41) is 1.21. The predicted molar refractivity (Wildman–Crippen MR) is 60.8 cm³/mol. The lowest BCUT2D eigenvalue weighted by Gasteiger charge is -2.13. The molecule has 0 amide bonds. The molecule has 0 spiro atoms. The number of nitrogen functional groups attached to an aromatic ring is 1. The molecule has 1 fully saturated rings. The molecular weight excluding hydrogens is 188 g/mol. The molecule has 3 rings (SSSR count). The van der Waals surface area contributed by atoms with Crippen molar-refractivity contribution in [1.82, 2.24) is 4.57 Å². The minimum atomic E-state index is 0.451. The molecule has 1 aromatic heterocycles. The number of anilines is 1. The monoisotopic (exact) mass is 202 g/mol. The van der Waals surface area contributed by atoms with Crippen molar-refractivity contribution in [2.24, 2.45) is 0 Å². The molecule has 78 valence electrons. The number of ether oxygens (including phenoxy) is 1. The van der Waals surface area contributed by atoms with E-state index in [1.165, 1.54) is 5.39 Å². The number of aromatic nitrogens is 1. The van der Waals surface area contributed by atoms with E-state index in [9.17, 15) is 0 Å². The van der Waals surface area contributed by atoms with Gasteiger partial charge in [0, 0.05) is 18.2 Å². The lowest BCUT2D eigenvalue weighted by Crippen LogP contribution is -2.07. The standard InChI is InChI=1S/C12H14N2O/c13-11-3-1-2-9-4-6-14(12(9)11)10-5-7-15-8-10/h1-4,6,10H,5,7-8,13H2. The van der Waals surface area contributed by atoms with Gasteiger partial charge in [-0.15, -0.1) is 0 Å². The van der Waals surface area contributed by atoms with E-state index in [2.05, 4.69) is 22.9 Å². The summed E-state index contributed by atoms with van der Waals surface area (Å²) in [7, 11) is 0. The van der Waals surface area contributed by atoms with Gasteiger partial charge in [0.15, 0.2) is 0 Å². The molecule has 1 atom stereocenters. The average molecular weight is 202 g/mol. The smallest absolute Gasteiger partial charge is 0.0717 e. The molecule has 0 aliphatic carbocycles. The van der Waals surface area contributed by atoms with E-state index < -0.39 is 0 Å². The van der Waals surface area contributed by atoms with Gasteiger partial charge < -0.3 is 15.0 Å². The first-order valence-corrected chi connectivity index (χ1v) is 5.29. The molecule has 1 aliphatic rings. The molecule has 2 heterocycles. The van der Waals surface area contributed by atoms with Gasteiger partial charge in [0.1, 0.15) is 0 Å². The summed E-state index contributed by atoms with van der Waals surface area (Å²) in [6.45, 7) is 1.66. The quantitative estimate of drug-likeness (QED) is 0.720. The number of benzene rings is 1. The van der Waals surface area contributed by atoms with E-state index >= 15 is 0 Å². The summed E-state index contributed by atoms with van der Waals surface area (Å²) >= 11 is 0. The lowest BCUT2D eigenvalue weighted by molar-refractivity contribution is 0.187. The molecule has 1 aliphatic heterocycles. The van der Waals surface area contributed by atoms with Crippen LogP contribution in [0.3, 0.4) is 0 Å². The van der Waals surface area contributed by atoms with Crippen molar-refractivity contribution in [2.75, 3.05) is 18.9 Å². The normalized spacial score (nSPS) is 21.2. The number of para-hydroxylation sites is 1. The third-order valence-corrected chi connectivity index (χ3v) is 3.07. The molecule has 0 radical (unpaired) electrons. The molecule has 3 nitrogen and oxygen atoms in total. The van der Waals surface area contributed by atoms with Crippen LogP contribution in [0.2, 0.25) is 0 Å². The Labute approximate surface area is 88.4 Å². The maximum absolute atomic E-state index is 6.01. The lowest BCUT2D eigenvalue weighted by atomic mass is 10.2. The van der Waals surface area contributed by atoms with Gasteiger partial charge in [-0.3, -0.25) is 0 Å². The van der Waals surface area contributed by atoms with Crippen molar-refractivity contribution in [3.8, 4) is 0 Å². The first kappa shape index (κ1) is 8.80. The molecular formula is C12H14N2O. The van der Waals surface area contributed by atoms with E-state index in [0.29, 0.717) is 6.04 Å². The van der Waals surface area contributed by atoms with Crippen molar-refractivity contribution in [3.05, 3.63) is 30.5 Å². The van der Waals surface area contributed by atoms with Crippen LogP contribution in [0.5, 0.6) is 0 Å². The Kier molecular flexibility index (Phi) is 1.92. The van der Waals surface area contributed by atoms with Gasteiger partial charge in [-0.25, -0.2) is 0 Å². The summed E-state index contributed by atoms with van der Waals surface area (Å²) in [5.74, 6) is 0. The predicted octanol–water partition coefficient (Wildman–Crippen LogP) is 2.18. The zero-order valence-electron chi connectivity index (χ0n) is 8.52. The first-order valence-electron chi connectivity index (χ1n) is 5.29. The van der Waals surface area contributed by atoms with Crippen molar-refractivity contribution < 1.29 is 4.74 Å². The van der Waals surface area contributed by atoms with Crippen LogP contribution in [-0.4, -0.2) is 17.8 Å². The third-order valence-electron chi connectivity index (χ3n) is 3.07. The maximum atomic E-state index is 6.01. The van der Waals surface area contributed by atoms with Crippen molar-refractivity contribution >= 4 is 16.6 Å². The van der Waals surface area contributed by atoms with Crippen LogP contribution in [0.4, 0.5) is 5.69 Å². The molecule has 1 saturated heterocycles. The number of hydrogen-bond acceptors (Lipinski definition) is 2. The van der Waals surface area contributed by atoms with Crippen LogP contribution in [0, 0.1) is 0 Å². The molecule has 2 N–H and O–H groups in total. The fraction of sp³-hybridized carbons (Fsp3) is 0.333. The van der Waals surface area contributed by atoms with Gasteiger partial charge >= 0.3 is 0 Å². The average Bonchev–Trinajstić information content (AvgIpc) is 2.85. The first-order chi connectivity index (χ1) is 7.36. The highest BCUT2D eigenvalue weighted by molar-refractivity contribution is 5.90. The Bertz CT molecular complexity index is 483. The number of nitrogens with zero attached hydrogens (tertiary/aromatic N) is 1. The molecule has 3 heteroatoms. The van der Waals surface area contributed by atoms with Crippen LogP contribution in [0.1, 0.15) is 12.5 Å². The number of rotatable bonds is 1. The maximum Gasteiger partial charge on any atom is 0.0717 e. The second-order valence-electron chi connectivity index (χ2n) is 4.03. The summed E-state index contributed by atoms with van der Waals surface area (Å²) < 4.78 is 7.66. The fourth-order valence-electron chi connectivity index (χ4n) is 2.29. The van der Waals surface area contributed by atoms with E-state index in [1.54, 1.807) is 0 Å². The van der Waals surface area contributed by atoms with Gasteiger partial charge in [0.05, 0.1) is 23.9 Å².